The topological polar surface area (TPSA) is 58.2 Å². The number of rotatable bonds is 0. The van der Waals surface area contributed by atoms with Crippen LogP contribution in [-0.2, 0) is 9.59 Å². The van der Waals surface area contributed by atoms with Gasteiger partial charge >= 0.3 is 0 Å². The molecule has 54 valence electrons. The number of nitrogens with one attached hydrogen (secondary N) is 2. The first-order valence-corrected chi connectivity index (χ1v) is 3.28. The molecule has 2 rings (SSSR count). The Bertz CT molecular complexity index is 208. The van der Waals surface area contributed by atoms with E-state index in [0.717, 1.165) is 0 Å². The first kappa shape index (κ1) is 6.00. The molecule has 4 heteroatoms. The second kappa shape index (κ2) is 1.65. The van der Waals surface area contributed by atoms with E-state index in [4.69, 9.17) is 0 Å². The van der Waals surface area contributed by atoms with E-state index >= 15 is 0 Å². The highest BCUT2D eigenvalue weighted by atomic mass is 16.2. The van der Waals surface area contributed by atoms with Gasteiger partial charge in [-0.2, -0.15) is 0 Å². The summed E-state index contributed by atoms with van der Waals surface area (Å²) >= 11 is 0. The Kier molecular flexibility index (Phi) is 0.988. The van der Waals surface area contributed by atoms with Crippen molar-refractivity contribution in [3.8, 4) is 0 Å². The SMILES string of the molecule is O=C1CC(=O)C2(C1)NCN2. The molecule has 0 unspecified atom stereocenters. The van der Waals surface area contributed by atoms with Crippen LogP contribution in [0.2, 0.25) is 0 Å². The molecule has 1 heterocycles. The van der Waals surface area contributed by atoms with Crippen molar-refractivity contribution in [3.63, 3.8) is 0 Å². The molecular weight excluding hydrogens is 132 g/mol. The zero-order chi connectivity index (χ0) is 7.19. The van der Waals surface area contributed by atoms with Crippen LogP contribution in [0.3, 0.4) is 0 Å². The van der Waals surface area contributed by atoms with Gasteiger partial charge in [0, 0.05) is 13.1 Å². The first-order chi connectivity index (χ1) is 4.73. The van der Waals surface area contributed by atoms with Gasteiger partial charge in [0.25, 0.3) is 0 Å². The fourth-order valence-electron chi connectivity index (χ4n) is 1.41. The molecule has 4 nitrogen and oxygen atoms in total. The number of carbonyl (C=O) groups excluding carboxylic acids is 2. The molecule has 10 heavy (non-hydrogen) atoms. The molecule has 0 atom stereocenters. The molecule has 0 amide bonds. The number of hydrogen-bond donors (Lipinski definition) is 2. The highest BCUT2D eigenvalue weighted by Gasteiger charge is 2.50. The Labute approximate surface area is 58.0 Å². The van der Waals surface area contributed by atoms with Gasteiger partial charge in [0.15, 0.2) is 5.78 Å². The van der Waals surface area contributed by atoms with Crippen molar-refractivity contribution in [3.05, 3.63) is 0 Å². The molecule has 2 N–H and O–H groups in total. The summed E-state index contributed by atoms with van der Waals surface area (Å²) in [6.07, 6.45) is 0.422. The van der Waals surface area contributed by atoms with Gasteiger partial charge in [-0.3, -0.25) is 20.2 Å². The van der Waals surface area contributed by atoms with Gasteiger partial charge in [0.2, 0.25) is 0 Å². The lowest BCUT2D eigenvalue weighted by molar-refractivity contribution is -0.127. The number of ketones is 2. The Balaban J connectivity index is 2.23. The molecule has 1 spiro atoms. The van der Waals surface area contributed by atoms with Gasteiger partial charge in [-0.25, -0.2) is 0 Å². The van der Waals surface area contributed by atoms with Gasteiger partial charge in [0.05, 0.1) is 6.42 Å². The Morgan fingerprint density at radius 2 is 2.00 bits per heavy atom. The van der Waals surface area contributed by atoms with Gasteiger partial charge in [-0.1, -0.05) is 0 Å². The fraction of sp³-hybridized carbons (Fsp3) is 0.667. The third-order valence-corrected chi connectivity index (χ3v) is 2.08. The van der Waals surface area contributed by atoms with Gasteiger partial charge < -0.3 is 0 Å². The van der Waals surface area contributed by atoms with Crippen molar-refractivity contribution in [2.75, 3.05) is 6.67 Å². The molecule has 0 aromatic heterocycles. The predicted octanol–water partition coefficient (Wildman–Crippen LogP) is -1.24. The van der Waals surface area contributed by atoms with Crippen molar-refractivity contribution >= 4 is 11.6 Å². The average Bonchev–Trinajstić information content (AvgIpc) is 2.04. The molecule has 0 radical (unpaired) electrons. The minimum Gasteiger partial charge on any atom is -0.299 e. The third-order valence-electron chi connectivity index (χ3n) is 2.08. The van der Waals surface area contributed by atoms with Crippen LogP contribution >= 0.6 is 0 Å². The van der Waals surface area contributed by atoms with Crippen LogP contribution in [0.1, 0.15) is 12.8 Å². The van der Waals surface area contributed by atoms with Crippen LogP contribution in [0.4, 0.5) is 0 Å². The van der Waals surface area contributed by atoms with Crippen molar-refractivity contribution in [2.24, 2.45) is 0 Å². The Morgan fingerprint density at radius 1 is 1.30 bits per heavy atom. The Hall–Kier alpha value is -0.740. The second-order valence-corrected chi connectivity index (χ2v) is 2.75. The maximum atomic E-state index is 11.0. The maximum Gasteiger partial charge on any atom is 0.175 e. The molecule has 1 aliphatic heterocycles. The normalized spacial score (nSPS) is 29.2. The molecule has 0 bridgehead atoms. The van der Waals surface area contributed by atoms with Crippen LogP contribution in [0.25, 0.3) is 0 Å². The number of Topliss-reactive ketones (excluding diaryl/α,β-unsaturated/α-hetero) is 2. The van der Waals surface area contributed by atoms with Crippen LogP contribution in [0.5, 0.6) is 0 Å². The molecule has 2 aliphatic rings. The summed E-state index contributed by atoms with van der Waals surface area (Å²) < 4.78 is 0. The van der Waals surface area contributed by atoms with Crippen LogP contribution < -0.4 is 10.6 Å². The zero-order valence-corrected chi connectivity index (χ0v) is 5.44. The van der Waals surface area contributed by atoms with E-state index in [0.29, 0.717) is 13.1 Å². The van der Waals surface area contributed by atoms with Gasteiger partial charge in [-0.05, 0) is 0 Å². The summed E-state index contributed by atoms with van der Waals surface area (Å²) in [5.41, 5.74) is -0.642. The van der Waals surface area contributed by atoms with E-state index < -0.39 is 5.66 Å². The second-order valence-electron chi connectivity index (χ2n) is 2.75. The largest absolute Gasteiger partial charge is 0.299 e. The van der Waals surface area contributed by atoms with Gasteiger partial charge in [-0.15, -0.1) is 0 Å². The summed E-state index contributed by atoms with van der Waals surface area (Å²) in [4.78, 5) is 21.8. The van der Waals surface area contributed by atoms with Crippen molar-refractivity contribution in [1.82, 2.24) is 10.6 Å². The van der Waals surface area contributed by atoms with Gasteiger partial charge in [0.1, 0.15) is 11.4 Å². The van der Waals surface area contributed by atoms with Crippen LogP contribution in [0.15, 0.2) is 0 Å². The predicted molar refractivity (Wildman–Crippen MR) is 33.1 cm³/mol. The molecular formula is C6H8N2O2. The standard InChI is InChI=1S/C6H8N2O2/c9-4-1-5(10)6(2-4)7-3-8-6/h7-8H,1-3H2. The van der Waals surface area contributed by atoms with E-state index in [1.165, 1.54) is 0 Å². The van der Waals surface area contributed by atoms with E-state index in [1.54, 1.807) is 0 Å². The first-order valence-electron chi connectivity index (χ1n) is 3.28. The molecule has 1 saturated heterocycles. The van der Waals surface area contributed by atoms with E-state index in [1.807, 2.05) is 0 Å². The quantitative estimate of drug-likeness (QED) is 0.413. The summed E-state index contributed by atoms with van der Waals surface area (Å²) in [6.45, 7) is 0.638. The third kappa shape index (κ3) is 0.574. The van der Waals surface area contributed by atoms with Crippen LogP contribution in [-0.4, -0.2) is 23.9 Å². The smallest absolute Gasteiger partial charge is 0.175 e. The van der Waals surface area contributed by atoms with E-state index in [-0.39, 0.29) is 18.0 Å². The minimum absolute atomic E-state index is 0.0104. The molecule has 0 aromatic carbocycles. The highest BCUT2D eigenvalue weighted by Crippen LogP contribution is 2.23. The summed E-state index contributed by atoms with van der Waals surface area (Å²) in [6, 6.07) is 0. The molecule has 2 fully saturated rings. The lowest BCUT2D eigenvalue weighted by atomic mass is 10.1. The molecule has 0 aromatic rings. The maximum absolute atomic E-state index is 11.0. The van der Waals surface area contributed by atoms with E-state index in [9.17, 15) is 9.59 Å². The molecule has 1 aliphatic carbocycles. The van der Waals surface area contributed by atoms with Crippen molar-refractivity contribution in [1.29, 1.82) is 0 Å². The fourth-order valence-corrected chi connectivity index (χ4v) is 1.41. The lowest BCUT2D eigenvalue weighted by Crippen LogP contribution is -2.73. The summed E-state index contributed by atoms with van der Waals surface area (Å²) in [7, 11) is 0. The summed E-state index contributed by atoms with van der Waals surface area (Å²) in [5, 5.41) is 5.84. The molecule has 1 saturated carbocycles. The van der Waals surface area contributed by atoms with Crippen LogP contribution in [0, 0.1) is 0 Å². The Morgan fingerprint density at radius 3 is 2.20 bits per heavy atom. The average molecular weight is 140 g/mol. The van der Waals surface area contributed by atoms with E-state index in [2.05, 4.69) is 10.6 Å². The monoisotopic (exact) mass is 140 g/mol. The zero-order valence-electron chi connectivity index (χ0n) is 5.44. The van der Waals surface area contributed by atoms with Crippen molar-refractivity contribution in [2.45, 2.75) is 18.5 Å². The minimum atomic E-state index is -0.642. The number of hydrogen-bond acceptors (Lipinski definition) is 4. The number of carbonyl (C=O) groups is 2. The highest BCUT2D eigenvalue weighted by molar-refractivity contribution is 6.11. The lowest BCUT2D eigenvalue weighted by Gasteiger charge is -2.38. The summed E-state index contributed by atoms with van der Waals surface area (Å²) in [5.74, 6) is 0.0217. The van der Waals surface area contributed by atoms with Crippen molar-refractivity contribution < 1.29 is 9.59 Å².